The SMILES string of the molecule is COc1ccccc1-c1noc(CCCC(=O)Nc2cccc(Cl)c2)n1. The average Bonchev–Trinajstić information content (AvgIpc) is 3.10. The Kier molecular flexibility index (Phi) is 5.86. The molecule has 0 unspecified atom stereocenters. The van der Waals surface area contributed by atoms with Gasteiger partial charge in [0.05, 0.1) is 12.7 Å². The molecule has 0 aliphatic rings. The Balaban J connectivity index is 1.53. The number of hydrogen-bond donors (Lipinski definition) is 1. The van der Waals surface area contributed by atoms with Crippen LogP contribution in [-0.2, 0) is 11.2 Å². The van der Waals surface area contributed by atoms with Crippen LogP contribution in [0.3, 0.4) is 0 Å². The lowest BCUT2D eigenvalue weighted by atomic mass is 10.2. The molecule has 2 aromatic carbocycles. The second-order valence-electron chi connectivity index (χ2n) is 5.62. The summed E-state index contributed by atoms with van der Waals surface area (Å²) in [5.74, 6) is 1.56. The number of hydrogen-bond acceptors (Lipinski definition) is 5. The van der Waals surface area contributed by atoms with Crippen molar-refractivity contribution >= 4 is 23.2 Å². The Labute approximate surface area is 156 Å². The van der Waals surface area contributed by atoms with Crippen LogP contribution in [0.4, 0.5) is 5.69 Å². The van der Waals surface area contributed by atoms with Crippen molar-refractivity contribution in [1.29, 1.82) is 0 Å². The predicted molar refractivity (Wildman–Crippen MR) is 99.3 cm³/mol. The fraction of sp³-hybridized carbons (Fsp3) is 0.211. The van der Waals surface area contributed by atoms with Gasteiger partial charge in [-0.05, 0) is 36.8 Å². The van der Waals surface area contributed by atoms with E-state index < -0.39 is 0 Å². The first-order valence-corrected chi connectivity index (χ1v) is 8.55. The number of nitrogens with zero attached hydrogens (tertiary/aromatic N) is 2. The van der Waals surface area contributed by atoms with Gasteiger partial charge in [-0.25, -0.2) is 0 Å². The van der Waals surface area contributed by atoms with Crippen LogP contribution < -0.4 is 10.1 Å². The average molecular weight is 372 g/mol. The molecule has 3 aromatic rings. The summed E-state index contributed by atoms with van der Waals surface area (Å²) in [5.41, 5.74) is 1.45. The van der Waals surface area contributed by atoms with Crippen molar-refractivity contribution in [2.45, 2.75) is 19.3 Å². The maximum absolute atomic E-state index is 12.0. The topological polar surface area (TPSA) is 77.2 Å². The zero-order valence-electron chi connectivity index (χ0n) is 14.2. The molecular formula is C19H18ClN3O3. The van der Waals surface area contributed by atoms with E-state index in [0.717, 1.165) is 5.56 Å². The monoisotopic (exact) mass is 371 g/mol. The summed E-state index contributed by atoms with van der Waals surface area (Å²) in [5, 5.41) is 7.38. The fourth-order valence-corrected chi connectivity index (χ4v) is 2.68. The number of carbonyl (C=O) groups excluding carboxylic acids is 1. The van der Waals surface area contributed by atoms with Crippen molar-refractivity contribution < 1.29 is 14.1 Å². The summed E-state index contributed by atoms with van der Waals surface area (Å²) in [6, 6.07) is 14.5. The summed E-state index contributed by atoms with van der Waals surface area (Å²) in [6.07, 6.45) is 1.46. The van der Waals surface area contributed by atoms with Gasteiger partial charge in [-0.2, -0.15) is 4.98 Å². The second kappa shape index (κ2) is 8.49. The third-order valence-corrected chi connectivity index (χ3v) is 3.95. The Bertz CT molecular complexity index is 895. The van der Waals surface area contributed by atoms with Crippen LogP contribution >= 0.6 is 11.6 Å². The fourth-order valence-electron chi connectivity index (χ4n) is 2.49. The van der Waals surface area contributed by atoms with Crippen LogP contribution in [0.25, 0.3) is 11.4 Å². The summed E-state index contributed by atoms with van der Waals surface area (Å²) in [7, 11) is 1.60. The van der Waals surface area contributed by atoms with Gasteiger partial charge in [0.15, 0.2) is 0 Å². The van der Waals surface area contributed by atoms with Crippen molar-refractivity contribution in [3.05, 3.63) is 59.4 Å². The molecule has 7 heteroatoms. The van der Waals surface area contributed by atoms with Crippen LogP contribution in [0.5, 0.6) is 5.75 Å². The molecule has 0 aliphatic carbocycles. The molecule has 3 rings (SSSR count). The number of methoxy groups -OCH3 is 1. The van der Waals surface area contributed by atoms with E-state index in [1.807, 2.05) is 24.3 Å². The Morgan fingerprint density at radius 2 is 2.08 bits per heavy atom. The van der Waals surface area contributed by atoms with Gasteiger partial charge < -0.3 is 14.6 Å². The van der Waals surface area contributed by atoms with E-state index in [-0.39, 0.29) is 5.91 Å². The van der Waals surface area contributed by atoms with E-state index in [9.17, 15) is 4.79 Å². The number of ether oxygens (including phenoxy) is 1. The normalized spacial score (nSPS) is 10.5. The smallest absolute Gasteiger partial charge is 0.226 e. The van der Waals surface area contributed by atoms with Crippen molar-refractivity contribution in [2.75, 3.05) is 12.4 Å². The van der Waals surface area contributed by atoms with Crippen molar-refractivity contribution in [3.63, 3.8) is 0 Å². The first kappa shape index (κ1) is 17.9. The van der Waals surface area contributed by atoms with Crippen molar-refractivity contribution in [3.8, 4) is 17.1 Å². The molecule has 0 fully saturated rings. The minimum Gasteiger partial charge on any atom is -0.496 e. The molecule has 6 nitrogen and oxygen atoms in total. The molecule has 0 bridgehead atoms. The summed E-state index contributed by atoms with van der Waals surface area (Å²) < 4.78 is 10.6. The van der Waals surface area contributed by atoms with E-state index >= 15 is 0 Å². The summed E-state index contributed by atoms with van der Waals surface area (Å²) >= 11 is 5.90. The lowest BCUT2D eigenvalue weighted by Gasteiger charge is -2.04. The third-order valence-electron chi connectivity index (χ3n) is 3.72. The number of aromatic nitrogens is 2. The molecule has 26 heavy (non-hydrogen) atoms. The number of carbonyl (C=O) groups is 1. The number of anilines is 1. The standard InChI is InChI=1S/C19H18ClN3O3/c1-25-16-9-3-2-8-15(16)19-22-18(26-23-19)11-5-10-17(24)21-14-7-4-6-13(20)12-14/h2-4,6-9,12H,5,10-11H2,1H3,(H,21,24). The van der Waals surface area contributed by atoms with E-state index in [1.165, 1.54) is 0 Å². The minimum absolute atomic E-state index is 0.0864. The van der Waals surface area contributed by atoms with Crippen LogP contribution in [-0.4, -0.2) is 23.2 Å². The van der Waals surface area contributed by atoms with Crippen LogP contribution in [0, 0.1) is 0 Å². The number of nitrogens with one attached hydrogen (secondary N) is 1. The van der Waals surface area contributed by atoms with Gasteiger partial charge in [0.1, 0.15) is 5.75 Å². The van der Waals surface area contributed by atoms with Gasteiger partial charge >= 0.3 is 0 Å². The molecule has 0 atom stereocenters. The zero-order chi connectivity index (χ0) is 18.4. The Morgan fingerprint density at radius 3 is 2.88 bits per heavy atom. The largest absolute Gasteiger partial charge is 0.496 e. The summed E-state index contributed by atoms with van der Waals surface area (Å²) in [6.45, 7) is 0. The number of amides is 1. The zero-order valence-corrected chi connectivity index (χ0v) is 15.0. The minimum atomic E-state index is -0.0864. The van der Waals surface area contributed by atoms with E-state index in [1.54, 1.807) is 31.4 Å². The highest BCUT2D eigenvalue weighted by atomic mass is 35.5. The Hall–Kier alpha value is -2.86. The molecule has 1 heterocycles. The number of benzene rings is 2. The van der Waals surface area contributed by atoms with E-state index in [2.05, 4.69) is 15.5 Å². The van der Waals surface area contributed by atoms with E-state index in [4.69, 9.17) is 20.9 Å². The highest BCUT2D eigenvalue weighted by Gasteiger charge is 2.13. The van der Waals surface area contributed by atoms with Gasteiger partial charge in [-0.3, -0.25) is 4.79 Å². The van der Waals surface area contributed by atoms with Crippen molar-refractivity contribution in [1.82, 2.24) is 10.1 Å². The first-order chi connectivity index (χ1) is 12.7. The molecular weight excluding hydrogens is 354 g/mol. The van der Waals surface area contributed by atoms with Gasteiger partial charge in [-0.15, -0.1) is 0 Å². The van der Waals surface area contributed by atoms with Crippen LogP contribution in [0.15, 0.2) is 53.1 Å². The molecule has 1 aromatic heterocycles. The Morgan fingerprint density at radius 1 is 1.23 bits per heavy atom. The predicted octanol–water partition coefficient (Wildman–Crippen LogP) is 4.36. The third kappa shape index (κ3) is 4.61. The molecule has 0 saturated carbocycles. The molecule has 1 amide bonds. The number of halogens is 1. The molecule has 0 radical (unpaired) electrons. The van der Waals surface area contributed by atoms with Gasteiger partial charge in [0.2, 0.25) is 17.6 Å². The van der Waals surface area contributed by atoms with Gasteiger partial charge in [-0.1, -0.05) is 35.0 Å². The number of para-hydroxylation sites is 1. The maximum Gasteiger partial charge on any atom is 0.226 e. The lowest BCUT2D eigenvalue weighted by molar-refractivity contribution is -0.116. The molecule has 134 valence electrons. The first-order valence-electron chi connectivity index (χ1n) is 8.17. The highest BCUT2D eigenvalue weighted by Crippen LogP contribution is 2.27. The van der Waals surface area contributed by atoms with E-state index in [0.29, 0.717) is 47.4 Å². The highest BCUT2D eigenvalue weighted by molar-refractivity contribution is 6.30. The molecule has 1 N–H and O–H groups in total. The van der Waals surface area contributed by atoms with Gasteiger partial charge in [0.25, 0.3) is 0 Å². The lowest BCUT2D eigenvalue weighted by Crippen LogP contribution is -2.11. The molecule has 0 aliphatic heterocycles. The van der Waals surface area contributed by atoms with Crippen LogP contribution in [0.1, 0.15) is 18.7 Å². The van der Waals surface area contributed by atoms with Crippen LogP contribution in [0.2, 0.25) is 5.02 Å². The summed E-state index contributed by atoms with van der Waals surface area (Å²) in [4.78, 5) is 16.4. The number of rotatable bonds is 7. The molecule has 0 saturated heterocycles. The second-order valence-corrected chi connectivity index (χ2v) is 6.06. The quantitative estimate of drug-likeness (QED) is 0.667. The molecule has 0 spiro atoms. The maximum atomic E-state index is 12.0. The number of aryl methyl sites for hydroxylation is 1. The van der Waals surface area contributed by atoms with Gasteiger partial charge in [0, 0.05) is 23.6 Å². The van der Waals surface area contributed by atoms with Crippen molar-refractivity contribution in [2.24, 2.45) is 0 Å².